The van der Waals surface area contributed by atoms with Gasteiger partial charge in [0.2, 0.25) is 0 Å². The van der Waals surface area contributed by atoms with Crippen molar-refractivity contribution in [1.82, 2.24) is 4.90 Å². The molecular weight excluding hydrogens is 422 g/mol. The van der Waals surface area contributed by atoms with Gasteiger partial charge in [0.15, 0.2) is 0 Å². The molecule has 6 heteroatoms. The summed E-state index contributed by atoms with van der Waals surface area (Å²) in [7, 11) is 0. The predicted octanol–water partition coefficient (Wildman–Crippen LogP) is 4.27. The van der Waals surface area contributed by atoms with Crippen molar-refractivity contribution >= 4 is 23.0 Å². The Labute approximate surface area is 193 Å². The van der Waals surface area contributed by atoms with Crippen molar-refractivity contribution < 1.29 is 9.94 Å². The first kappa shape index (κ1) is 21.0. The maximum atomic E-state index is 10.5. The fourth-order valence-corrected chi connectivity index (χ4v) is 4.60. The number of aliphatic hydroxyl groups excluding tert-OH is 1. The minimum atomic E-state index is -0.590. The van der Waals surface area contributed by atoms with Gasteiger partial charge < -0.3 is 14.8 Å². The summed E-state index contributed by atoms with van der Waals surface area (Å²) in [6.45, 7) is 4.39. The number of hydrogen-bond donors (Lipinski definition) is 1. The number of piperazine rings is 1. The highest BCUT2D eigenvalue weighted by Crippen LogP contribution is 2.36. The SMILES string of the molecule is O[C@@H](CON=C1c2ccccc2-c2ccccc21)CN1CCN(c2ccc(Cl)cc2)CC1. The van der Waals surface area contributed by atoms with Gasteiger partial charge in [-0.3, -0.25) is 4.90 Å². The number of fused-ring (bicyclic) bond motifs is 3. The van der Waals surface area contributed by atoms with Crippen LogP contribution in [0.4, 0.5) is 5.69 Å². The molecule has 3 aromatic rings. The maximum absolute atomic E-state index is 10.5. The Morgan fingerprint density at radius 2 is 1.38 bits per heavy atom. The van der Waals surface area contributed by atoms with E-state index >= 15 is 0 Å². The van der Waals surface area contributed by atoms with Crippen LogP contribution in [0.5, 0.6) is 0 Å². The van der Waals surface area contributed by atoms with Crippen LogP contribution in [0.2, 0.25) is 5.02 Å². The summed E-state index contributed by atoms with van der Waals surface area (Å²) >= 11 is 5.99. The number of rotatable bonds is 6. The molecule has 0 aromatic heterocycles. The molecule has 0 saturated carbocycles. The lowest BCUT2D eigenvalue weighted by molar-refractivity contribution is 0.0183. The third-order valence-corrected chi connectivity index (χ3v) is 6.36. The zero-order valence-electron chi connectivity index (χ0n) is 17.8. The van der Waals surface area contributed by atoms with E-state index < -0.39 is 6.10 Å². The first-order chi connectivity index (χ1) is 15.7. The summed E-state index contributed by atoms with van der Waals surface area (Å²) in [5.41, 5.74) is 6.50. The summed E-state index contributed by atoms with van der Waals surface area (Å²) in [6.07, 6.45) is -0.590. The van der Waals surface area contributed by atoms with Crippen molar-refractivity contribution in [2.75, 3.05) is 44.2 Å². The maximum Gasteiger partial charge on any atom is 0.144 e. The molecule has 1 N–H and O–H groups in total. The fraction of sp³-hybridized carbons (Fsp3) is 0.269. The zero-order valence-corrected chi connectivity index (χ0v) is 18.6. The monoisotopic (exact) mass is 447 g/mol. The van der Waals surface area contributed by atoms with Gasteiger partial charge in [-0.1, -0.05) is 65.3 Å². The quantitative estimate of drug-likeness (QED) is 0.448. The van der Waals surface area contributed by atoms with Gasteiger partial charge in [-0.15, -0.1) is 0 Å². The van der Waals surface area contributed by atoms with Crippen LogP contribution in [0.15, 0.2) is 78.0 Å². The molecule has 5 nitrogen and oxygen atoms in total. The standard InChI is InChI=1S/C26H26ClN3O2/c27-19-9-11-20(12-10-19)30-15-13-29(14-16-30)17-21(31)18-32-28-26-24-7-3-1-5-22(24)23-6-2-4-8-25(23)26/h1-12,21,31H,13-18H2/t21-/m1/s1. The van der Waals surface area contributed by atoms with E-state index in [0.29, 0.717) is 6.54 Å². The van der Waals surface area contributed by atoms with Crippen molar-refractivity contribution in [2.45, 2.75) is 6.10 Å². The third kappa shape index (κ3) is 4.37. The van der Waals surface area contributed by atoms with Gasteiger partial charge >= 0.3 is 0 Å². The van der Waals surface area contributed by atoms with Crippen molar-refractivity contribution in [3.63, 3.8) is 0 Å². The smallest absolute Gasteiger partial charge is 0.144 e. The number of benzene rings is 3. The number of hydrogen-bond acceptors (Lipinski definition) is 5. The molecule has 32 heavy (non-hydrogen) atoms. The van der Waals surface area contributed by atoms with Gasteiger partial charge in [0.05, 0.1) is 0 Å². The minimum absolute atomic E-state index is 0.172. The van der Waals surface area contributed by atoms with Crippen LogP contribution in [-0.4, -0.2) is 61.2 Å². The Bertz CT molecular complexity index is 1060. The van der Waals surface area contributed by atoms with Gasteiger partial charge in [-0.25, -0.2) is 0 Å². The average molecular weight is 448 g/mol. The lowest BCUT2D eigenvalue weighted by Gasteiger charge is -2.36. The first-order valence-corrected chi connectivity index (χ1v) is 11.4. The summed E-state index contributed by atoms with van der Waals surface area (Å²) in [4.78, 5) is 10.2. The Balaban J connectivity index is 1.15. The highest BCUT2D eigenvalue weighted by molar-refractivity contribution is 6.30. The van der Waals surface area contributed by atoms with Gasteiger partial charge in [0, 0.05) is 54.6 Å². The Hall–Kier alpha value is -2.86. The molecule has 1 aliphatic carbocycles. The van der Waals surface area contributed by atoms with Crippen LogP contribution in [-0.2, 0) is 4.84 Å². The third-order valence-electron chi connectivity index (χ3n) is 6.11. The highest BCUT2D eigenvalue weighted by atomic mass is 35.5. The van der Waals surface area contributed by atoms with Gasteiger partial charge in [-0.05, 0) is 35.4 Å². The average Bonchev–Trinajstić information content (AvgIpc) is 3.14. The van der Waals surface area contributed by atoms with E-state index in [1.165, 1.54) is 16.8 Å². The Kier molecular flexibility index (Phi) is 6.12. The highest BCUT2D eigenvalue weighted by Gasteiger charge is 2.25. The number of anilines is 1. The molecule has 0 bridgehead atoms. The minimum Gasteiger partial charge on any atom is -0.392 e. The molecule has 0 radical (unpaired) electrons. The van der Waals surface area contributed by atoms with Crippen LogP contribution < -0.4 is 4.90 Å². The molecule has 0 unspecified atom stereocenters. The van der Waals surface area contributed by atoms with Crippen LogP contribution in [0.25, 0.3) is 11.1 Å². The number of halogens is 1. The van der Waals surface area contributed by atoms with E-state index in [0.717, 1.165) is 48.0 Å². The van der Waals surface area contributed by atoms with Crippen LogP contribution >= 0.6 is 11.6 Å². The molecule has 164 valence electrons. The van der Waals surface area contributed by atoms with E-state index in [1.807, 2.05) is 36.4 Å². The predicted molar refractivity (Wildman–Crippen MR) is 130 cm³/mol. The molecule has 1 saturated heterocycles. The molecule has 1 fully saturated rings. The van der Waals surface area contributed by atoms with Gasteiger partial charge in [-0.2, -0.15) is 0 Å². The molecule has 0 spiro atoms. The summed E-state index contributed by atoms with van der Waals surface area (Å²) < 4.78 is 0. The van der Waals surface area contributed by atoms with Crippen LogP contribution in [0, 0.1) is 0 Å². The lowest BCUT2D eigenvalue weighted by atomic mass is 10.1. The Morgan fingerprint density at radius 1 is 0.812 bits per heavy atom. The van der Waals surface area contributed by atoms with Crippen LogP contribution in [0.1, 0.15) is 11.1 Å². The molecular formula is C26H26ClN3O2. The lowest BCUT2D eigenvalue weighted by Crippen LogP contribution is -2.49. The first-order valence-electron chi connectivity index (χ1n) is 11.0. The van der Waals surface area contributed by atoms with E-state index in [4.69, 9.17) is 16.4 Å². The molecule has 0 amide bonds. The number of β-amino-alcohol motifs (C(OH)–C–C–N with tert-alkyl or cyclic N) is 1. The van der Waals surface area contributed by atoms with Crippen LogP contribution in [0.3, 0.4) is 0 Å². The van der Waals surface area contributed by atoms with Crippen molar-refractivity contribution in [3.05, 3.63) is 88.9 Å². The normalized spacial score (nSPS) is 16.4. The largest absolute Gasteiger partial charge is 0.392 e. The van der Waals surface area contributed by atoms with Gasteiger partial charge in [0.25, 0.3) is 0 Å². The van der Waals surface area contributed by atoms with Crippen molar-refractivity contribution in [1.29, 1.82) is 0 Å². The van der Waals surface area contributed by atoms with Gasteiger partial charge in [0.1, 0.15) is 18.4 Å². The zero-order chi connectivity index (χ0) is 21.9. The Morgan fingerprint density at radius 3 is 1.97 bits per heavy atom. The molecule has 1 aliphatic heterocycles. The molecule has 1 atom stereocenters. The van der Waals surface area contributed by atoms with E-state index in [2.05, 4.69) is 51.4 Å². The molecule has 1 heterocycles. The number of oxime groups is 1. The van der Waals surface area contributed by atoms with Crippen molar-refractivity contribution in [2.24, 2.45) is 5.16 Å². The van der Waals surface area contributed by atoms with Crippen molar-refractivity contribution in [3.8, 4) is 11.1 Å². The summed E-state index contributed by atoms with van der Waals surface area (Å²) in [5, 5.41) is 15.7. The molecule has 3 aromatic carbocycles. The second-order valence-electron chi connectivity index (χ2n) is 8.24. The van der Waals surface area contributed by atoms with E-state index in [1.54, 1.807) is 0 Å². The second-order valence-corrected chi connectivity index (χ2v) is 8.68. The summed E-state index contributed by atoms with van der Waals surface area (Å²) in [6, 6.07) is 24.4. The van der Waals surface area contributed by atoms with E-state index in [-0.39, 0.29) is 6.61 Å². The molecule has 2 aliphatic rings. The topological polar surface area (TPSA) is 48.3 Å². The fourth-order valence-electron chi connectivity index (χ4n) is 4.47. The number of aliphatic hydroxyl groups is 1. The number of nitrogens with zero attached hydrogens (tertiary/aromatic N) is 3. The van der Waals surface area contributed by atoms with E-state index in [9.17, 15) is 5.11 Å². The second kappa shape index (κ2) is 9.33. The summed E-state index contributed by atoms with van der Waals surface area (Å²) in [5.74, 6) is 0. The molecule has 5 rings (SSSR count).